The van der Waals surface area contributed by atoms with Gasteiger partial charge in [-0.1, -0.05) is 11.6 Å². The highest BCUT2D eigenvalue weighted by Gasteiger charge is 2.10. The molecule has 0 radical (unpaired) electrons. The zero-order chi connectivity index (χ0) is 10.0. The van der Waals surface area contributed by atoms with Crippen LogP contribution in [0.25, 0.3) is 0 Å². The minimum atomic E-state index is -2.98. The molecule has 13 heavy (non-hydrogen) atoms. The molecule has 0 aliphatic carbocycles. The summed E-state index contributed by atoms with van der Waals surface area (Å²) in [5.41, 5.74) is 0. The first kappa shape index (κ1) is 10.7. The molecule has 0 unspecified atom stereocenters. The van der Waals surface area contributed by atoms with E-state index < -0.39 is 12.4 Å². The van der Waals surface area contributed by atoms with E-state index in [-0.39, 0.29) is 15.2 Å². The van der Waals surface area contributed by atoms with Crippen LogP contribution in [-0.2, 0) is 0 Å². The molecule has 1 aromatic carbocycles. The Labute approximate surface area is 85.6 Å². The summed E-state index contributed by atoms with van der Waals surface area (Å²) < 4.78 is 40.3. The number of benzene rings is 1. The van der Waals surface area contributed by atoms with Crippen molar-refractivity contribution in [1.29, 1.82) is 0 Å². The molecule has 0 fully saturated rings. The maximum absolute atomic E-state index is 12.8. The van der Waals surface area contributed by atoms with E-state index in [0.717, 1.165) is 12.1 Å². The molecule has 0 saturated heterocycles. The van der Waals surface area contributed by atoms with Crippen molar-refractivity contribution in [2.45, 2.75) is 6.61 Å². The molecule has 1 rings (SSSR count). The Bertz CT molecular complexity index is 296. The molecule has 0 aliphatic rings. The zero-order valence-corrected chi connectivity index (χ0v) is 8.37. The second-order valence-corrected chi connectivity index (χ2v) is 3.31. The molecule has 6 heteroatoms. The average molecular weight is 275 g/mol. The van der Waals surface area contributed by atoms with Crippen molar-refractivity contribution in [2.24, 2.45) is 0 Å². The van der Waals surface area contributed by atoms with Gasteiger partial charge in [-0.25, -0.2) is 4.39 Å². The lowest BCUT2D eigenvalue weighted by Gasteiger charge is -2.05. The van der Waals surface area contributed by atoms with Crippen LogP contribution in [0.2, 0.25) is 5.02 Å². The van der Waals surface area contributed by atoms with E-state index in [1.165, 1.54) is 0 Å². The Kier molecular flexibility index (Phi) is 3.44. The third kappa shape index (κ3) is 2.77. The highest BCUT2D eigenvalue weighted by molar-refractivity contribution is 9.10. The smallest absolute Gasteiger partial charge is 0.387 e. The van der Waals surface area contributed by atoms with E-state index in [1.807, 2.05) is 0 Å². The quantitative estimate of drug-likeness (QED) is 0.745. The number of ether oxygens (including phenoxy) is 1. The van der Waals surface area contributed by atoms with Gasteiger partial charge in [0.15, 0.2) is 0 Å². The Morgan fingerprint density at radius 1 is 1.38 bits per heavy atom. The predicted octanol–water partition coefficient (Wildman–Crippen LogP) is 3.84. The van der Waals surface area contributed by atoms with Gasteiger partial charge in [-0.15, -0.1) is 0 Å². The van der Waals surface area contributed by atoms with Gasteiger partial charge in [0.1, 0.15) is 11.6 Å². The number of hydrogen-bond donors (Lipinski definition) is 0. The van der Waals surface area contributed by atoms with Crippen LogP contribution in [0.15, 0.2) is 16.6 Å². The van der Waals surface area contributed by atoms with Crippen LogP contribution < -0.4 is 4.74 Å². The number of alkyl halides is 2. The Morgan fingerprint density at radius 3 is 2.46 bits per heavy atom. The molecule has 0 spiro atoms. The van der Waals surface area contributed by atoms with Gasteiger partial charge in [-0.2, -0.15) is 8.78 Å². The van der Waals surface area contributed by atoms with E-state index in [1.54, 1.807) is 0 Å². The largest absolute Gasteiger partial charge is 0.435 e. The van der Waals surface area contributed by atoms with Crippen molar-refractivity contribution < 1.29 is 17.9 Å². The molecule has 0 atom stereocenters. The van der Waals surface area contributed by atoms with Gasteiger partial charge in [0, 0.05) is 10.5 Å². The standard InChI is InChI=1S/C7H3BrClF3O/c8-4-1-3(13-7(11)12)2-5(10)6(4)9/h1-2,7H. The Morgan fingerprint density at radius 2 is 2.00 bits per heavy atom. The summed E-state index contributed by atoms with van der Waals surface area (Å²) >= 11 is 8.31. The molecular formula is C7H3BrClF3O. The summed E-state index contributed by atoms with van der Waals surface area (Å²) in [5.74, 6) is -1.09. The fourth-order valence-corrected chi connectivity index (χ4v) is 1.23. The minimum absolute atomic E-state index is 0.165. The van der Waals surface area contributed by atoms with E-state index in [9.17, 15) is 13.2 Å². The third-order valence-electron chi connectivity index (χ3n) is 1.18. The third-order valence-corrected chi connectivity index (χ3v) is 2.42. The van der Waals surface area contributed by atoms with Crippen LogP contribution in [-0.4, -0.2) is 6.61 Å². The molecule has 0 aromatic heterocycles. The Balaban J connectivity index is 2.99. The van der Waals surface area contributed by atoms with Crippen molar-refractivity contribution >= 4 is 27.5 Å². The fourth-order valence-electron chi connectivity index (χ4n) is 0.703. The zero-order valence-electron chi connectivity index (χ0n) is 6.03. The molecule has 72 valence electrons. The van der Waals surface area contributed by atoms with Crippen molar-refractivity contribution in [3.8, 4) is 5.75 Å². The van der Waals surface area contributed by atoms with Gasteiger partial charge < -0.3 is 4.74 Å². The number of rotatable bonds is 2. The molecule has 1 nitrogen and oxygen atoms in total. The minimum Gasteiger partial charge on any atom is -0.435 e. The predicted molar refractivity (Wildman–Crippen MR) is 45.7 cm³/mol. The summed E-state index contributed by atoms with van der Waals surface area (Å²) in [4.78, 5) is 0. The van der Waals surface area contributed by atoms with Crippen molar-refractivity contribution in [3.05, 3.63) is 27.4 Å². The SMILES string of the molecule is Fc1cc(OC(F)F)cc(Br)c1Cl. The summed E-state index contributed by atoms with van der Waals surface area (Å²) in [6.45, 7) is -2.98. The lowest BCUT2D eigenvalue weighted by atomic mass is 10.3. The summed E-state index contributed by atoms with van der Waals surface area (Å²) in [6, 6.07) is 1.96. The number of halogens is 5. The summed E-state index contributed by atoms with van der Waals surface area (Å²) in [5, 5.41) is -0.165. The Hall–Kier alpha value is -0.420. The van der Waals surface area contributed by atoms with Crippen molar-refractivity contribution in [3.63, 3.8) is 0 Å². The van der Waals surface area contributed by atoms with E-state index in [4.69, 9.17) is 11.6 Å². The lowest BCUT2D eigenvalue weighted by Crippen LogP contribution is -2.02. The van der Waals surface area contributed by atoms with Crippen LogP contribution in [0, 0.1) is 5.82 Å². The summed E-state index contributed by atoms with van der Waals surface area (Å²) in [6.07, 6.45) is 0. The van der Waals surface area contributed by atoms with Crippen molar-refractivity contribution in [2.75, 3.05) is 0 Å². The van der Waals surface area contributed by atoms with Gasteiger partial charge in [0.25, 0.3) is 0 Å². The van der Waals surface area contributed by atoms with E-state index >= 15 is 0 Å². The highest BCUT2D eigenvalue weighted by atomic mass is 79.9. The molecule has 0 heterocycles. The van der Waals surface area contributed by atoms with Crippen LogP contribution in [0.4, 0.5) is 13.2 Å². The van der Waals surface area contributed by atoms with Gasteiger partial charge in [0.05, 0.1) is 5.02 Å². The molecule has 0 aliphatic heterocycles. The van der Waals surface area contributed by atoms with Crippen molar-refractivity contribution in [1.82, 2.24) is 0 Å². The molecule has 0 N–H and O–H groups in total. The molecule has 0 amide bonds. The first-order valence-corrected chi connectivity index (χ1v) is 4.27. The monoisotopic (exact) mass is 274 g/mol. The number of hydrogen-bond acceptors (Lipinski definition) is 1. The van der Waals surface area contributed by atoms with Gasteiger partial charge >= 0.3 is 6.61 Å². The second-order valence-electron chi connectivity index (χ2n) is 2.08. The maximum atomic E-state index is 12.8. The maximum Gasteiger partial charge on any atom is 0.387 e. The fraction of sp³-hybridized carbons (Fsp3) is 0.143. The first-order chi connectivity index (χ1) is 6.00. The lowest BCUT2D eigenvalue weighted by molar-refractivity contribution is -0.0500. The van der Waals surface area contributed by atoms with Gasteiger partial charge in [-0.3, -0.25) is 0 Å². The van der Waals surface area contributed by atoms with E-state index in [2.05, 4.69) is 20.7 Å². The topological polar surface area (TPSA) is 9.23 Å². The molecule has 0 saturated carbocycles. The second kappa shape index (κ2) is 4.19. The van der Waals surface area contributed by atoms with E-state index in [0.29, 0.717) is 0 Å². The highest BCUT2D eigenvalue weighted by Crippen LogP contribution is 2.30. The van der Waals surface area contributed by atoms with Crippen LogP contribution in [0.1, 0.15) is 0 Å². The molecular weight excluding hydrogens is 272 g/mol. The van der Waals surface area contributed by atoms with Crippen LogP contribution in [0.3, 0.4) is 0 Å². The van der Waals surface area contributed by atoms with Gasteiger partial charge in [-0.05, 0) is 22.0 Å². The normalized spacial score (nSPS) is 10.6. The summed E-state index contributed by atoms with van der Waals surface area (Å²) in [7, 11) is 0. The van der Waals surface area contributed by atoms with Crippen LogP contribution in [0.5, 0.6) is 5.75 Å². The first-order valence-electron chi connectivity index (χ1n) is 3.10. The molecule has 1 aromatic rings. The van der Waals surface area contributed by atoms with Gasteiger partial charge in [0.2, 0.25) is 0 Å². The van der Waals surface area contributed by atoms with Crippen LogP contribution >= 0.6 is 27.5 Å². The molecule has 0 bridgehead atoms. The average Bonchev–Trinajstić information content (AvgIpc) is 1.98.